The molecule has 0 spiro atoms. The van der Waals surface area contributed by atoms with Crippen LogP contribution in [0, 0.1) is 0 Å². The standard InChI is InChI=1S/C17H19BrClF3N4O2S/c1-8-3-9(15-10(11(18)7-27)5-14(19)29-15)4-13(12-6-25(2)24-23-12)26(8)16(28)17(20,21)22/h5-6,8-9,11,13,27H,3-4,7H2,1-2H3/t8-,9?,11?,13-/m0/s1. The van der Waals surface area contributed by atoms with Crippen LogP contribution < -0.4 is 0 Å². The van der Waals surface area contributed by atoms with E-state index in [1.54, 1.807) is 20.0 Å². The molecule has 0 aromatic carbocycles. The Kier molecular flexibility index (Phi) is 6.62. The Bertz CT molecular complexity index is 890. The lowest BCUT2D eigenvalue weighted by atomic mass is 9.83. The van der Waals surface area contributed by atoms with E-state index in [4.69, 9.17) is 11.6 Å². The van der Waals surface area contributed by atoms with Gasteiger partial charge in [0.05, 0.1) is 28.0 Å². The molecule has 0 saturated carbocycles. The van der Waals surface area contributed by atoms with Gasteiger partial charge >= 0.3 is 12.1 Å². The minimum absolute atomic E-state index is 0.144. The Morgan fingerprint density at radius 3 is 2.72 bits per heavy atom. The third kappa shape index (κ3) is 4.62. The number of carbonyl (C=O) groups is 1. The first-order valence-electron chi connectivity index (χ1n) is 8.82. The SMILES string of the molecule is C[C@H]1CC(c2sc(Cl)cc2C(Br)CO)C[C@@H](c2cn(C)nn2)N1C(=O)C(F)(F)F. The van der Waals surface area contributed by atoms with E-state index >= 15 is 0 Å². The molecule has 2 aromatic rings. The number of rotatable bonds is 4. The largest absolute Gasteiger partial charge is 0.471 e. The molecule has 29 heavy (non-hydrogen) atoms. The van der Waals surface area contributed by atoms with Crippen LogP contribution >= 0.6 is 38.9 Å². The van der Waals surface area contributed by atoms with Crippen molar-refractivity contribution in [2.75, 3.05) is 6.61 Å². The predicted molar refractivity (Wildman–Crippen MR) is 106 cm³/mol. The van der Waals surface area contributed by atoms with E-state index in [0.717, 1.165) is 15.3 Å². The van der Waals surface area contributed by atoms with E-state index in [0.29, 0.717) is 16.5 Å². The zero-order valence-electron chi connectivity index (χ0n) is 15.5. The number of alkyl halides is 4. The molecule has 1 saturated heterocycles. The average molecular weight is 516 g/mol. The van der Waals surface area contributed by atoms with Gasteiger partial charge in [-0.05, 0) is 37.3 Å². The number of likely N-dealkylation sites (tertiary alicyclic amines) is 1. The summed E-state index contributed by atoms with van der Waals surface area (Å²) in [5.41, 5.74) is 1.12. The summed E-state index contributed by atoms with van der Waals surface area (Å²) in [6.45, 7) is 1.46. The van der Waals surface area contributed by atoms with Crippen molar-refractivity contribution in [2.24, 2.45) is 7.05 Å². The highest BCUT2D eigenvalue weighted by molar-refractivity contribution is 9.09. The van der Waals surface area contributed by atoms with Gasteiger partial charge in [-0.25, -0.2) is 0 Å². The van der Waals surface area contributed by atoms with Crippen molar-refractivity contribution in [1.29, 1.82) is 0 Å². The first kappa shape index (κ1) is 22.5. The van der Waals surface area contributed by atoms with Gasteiger partial charge in [0, 0.05) is 18.0 Å². The van der Waals surface area contributed by atoms with Crippen LogP contribution in [0.5, 0.6) is 0 Å². The van der Waals surface area contributed by atoms with E-state index in [1.165, 1.54) is 22.2 Å². The van der Waals surface area contributed by atoms with Gasteiger partial charge in [0.2, 0.25) is 0 Å². The zero-order valence-corrected chi connectivity index (χ0v) is 18.7. The Morgan fingerprint density at radius 2 is 2.17 bits per heavy atom. The van der Waals surface area contributed by atoms with Crippen molar-refractivity contribution >= 4 is 44.8 Å². The highest BCUT2D eigenvalue weighted by Crippen LogP contribution is 2.48. The molecule has 1 fully saturated rings. The summed E-state index contributed by atoms with van der Waals surface area (Å²) >= 11 is 11.0. The highest BCUT2D eigenvalue weighted by atomic mass is 79.9. The van der Waals surface area contributed by atoms with Crippen LogP contribution in [0.15, 0.2) is 12.3 Å². The van der Waals surface area contributed by atoms with Crippen LogP contribution in [0.25, 0.3) is 0 Å². The molecule has 1 aliphatic heterocycles. The van der Waals surface area contributed by atoms with Crippen LogP contribution in [0.3, 0.4) is 0 Å². The van der Waals surface area contributed by atoms with E-state index in [9.17, 15) is 23.1 Å². The molecule has 2 unspecified atom stereocenters. The summed E-state index contributed by atoms with van der Waals surface area (Å²) in [4.78, 5) is 13.6. The molecule has 160 valence electrons. The fraction of sp³-hybridized carbons (Fsp3) is 0.588. The minimum Gasteiger partial charge on any atom is -0.395 e. The maximum atomic E-state index is 13.3. The third-order valence-electron chi connectivity index (χ3n) is 5.01. The normalized spacial score (nSPS) is 24.0. The number of aliphatic hydroxyl groups is 1. The van der Waals surface area contributed by atoms with Crippen molar-refractivity contribution in [3.63, 3.8) is 0 Å². The molecule has 3 rings (SSSR count). The summed E-state index contributed by atoms with van der Waals surface area (Å²) in [6, 6.07) is 0.210. The van der Waals surface area contributed by atoms with Gasteiger partial charge in [0.15, 0.2) is 0 Å². The van der Waals surface area contributed by atoms with E-state index in [-0.39, 0.29) is 23.8 Å². The highest BCUT2D eigenvalue weighted by Gasteiger charge is 2.50. The topological polar surface area (TPSA) is 71.2 Å². The van der Waals surface area contributed by atoms with Gasteiger partial charge in [0.1, 0.15) is 5.69 Å². The summed E-state index contributed by atoms with van der Waals surface area (Å²) in [7, 11) is 1.62. The van der Waals surface area contributed by atoms with Crippen molar-refractivity contribution < 1.29 is 23.1 Å². The second kappa shape index (κ2) is 8.52. The summed E-state index contributed by atoms with van der Waals surface area (Å²) < 4.78 is 41.7. The lowest BCUT2D eigenvalue weighted by Gasteiger charge is -2.43. The number of aliphatic hydroxyl groups excluding tert-OH is 1. The Labute approximate surface area is 182 Å². The fourth-order valence-corrected chi connectivity index (χ4v) is 5.82. The Morgan fingerprint density at radius 1 is 1.48 bits per heavy atom. The van der Waals surface area contributed by atoms with Crippen LogP contribution in [0.2, 0.25) is 4.34 Å². The number of piperidine rings is 1. The molecule has 0 radical (unpaired) electrons. The van der Waals surface area contributed by atoms with Crippen LogP contribution in [-0.2, 0) is 11.8 Å². The third-order valence-corrected chi connectivity index (χ3v) is 7.24. The average Bonchev–Trinajstić information content (AvgIpc) is 3.24. The number of thiophene rings is 1. The first-order valence-corrected chi connectivity index (χ1v) is 10.9. The lowest BCUT2D eigenvalue weighted by molar-refractivity contribution is -0.192. The van der Waals surface area contributed by atoms with Crippen molar-refractivity contribution in [1.82, 2.24) is 19.9 Å². The van der Waals surface area contributed by atoms with E-state index in [1.807, 2.05) is 0 Å². The number of amides is 1. The zero-order chi connectivity index (χ0) is 21.5. The molecule has 1 aliphatic rings. The second-order valence-electron chi connectivity index (χ2n) is 7.08. The minimum atomic E-state index is -4.98. The molecule has 12 heteroatoms. The molecule has 3 heterocycles. The smallest absolute Gasteiger partial charge is 0.395 e. The Hall–Kier alpha value is -1.17. The molecule has 0 aliphatic carbocycles. The quantitative estimate of drug-likeness (QED) is 0.615. The monoisotopic (exact) mass is 514 g/mol. The maximum Gasteiger partial charge on any atom is 0.471 e. The molecular weight excluding hydrogens is 497 g/mol. The molecule has 6 nitrogen and oxygen atoms in total. The number of hydrogen-bond acceptors (Lipinski definition) is 5. The molecule has 1 amide bonds. The van der Waals surface area contributed by atoms with Gasteiger partial charge < -0.3 is 10.0 Å². The van der Waals surface area contributed by atoms with Crippen molar-refractivity contribution in [3.8, 4) is 0 Å². The van der Waals surface area contributed by atoms with Gasteiger partial charge in [-0.3, -0.25) is 9.48 Å². The first-order chi connectivity index (χ1) is 13.5. The van der Waals surface area contributed by atoms with Gasteiger partial charge in [-0.2, -0.15) is 13.2 Å². The van der Waals surface area contributed by atoms with Gasteiger partial charge in [-0.15, -0.1) is 16.4 Å². The summed E-state index contributed by atoms with van der Waals surface area (Å²) in [5, 5.41) is 17.3. The van der Waals surface area contributed by atoms with Crippen molar-refractivity contribution in [3.05, 3.63) is 32.7 Å². The van der Waals surface area contributed by atoms with Crippen molar-refractivity contribution in [2.45, 2.75) is 48.8 Å². The number of aromatic nitrogens is 3. The predicted octanol–water partition coefficient (Wildman–Crippen LogP) is 4.36. The number of nitrogens with zero attached hydrogens (tertiary/aromatic N) is 4. The summed E-state index contributed by atoms with van der Waals surface area (Å²) in [5.74, 6) is -2.02. The van der Waals surface area contributed by atoms with Crippen LogP contribution in [0.4, 0.5) is 13.2 Å². The van der Waals surface area contributed by atoms with Gasteiger partial charge in [-0.1, -0.05) is 32.7 Å². The van der Waals surface area contributed by atoms with Crippen LogP contribution in [0.1, 0.15) is 52.7 Å². The fourth-order valence-electron chi connectivity index (χ4n) is 3.84. The van der Waals surface area contributed by atoms with Gasteiger partial charge in [0.25, 0.3) is 0 Å². The second-order valence-corrected chi connectivity index (χ2v) is 9.90. The van der Waals surface area contributed by atoms with E-state index in [2.05, 4.69) is 26.2 Å². The Balaban J connectivity index is 2.01. The lowest BCUT2D eigenvalue weighted by Crippen LogP contribution is -2.51. The summed E-state index contributed by atoms with van der Waals surface area (Å²) in [6.07, 6.45) is -2.86. The number of aryl methyl sites for hydroxylation is 1. The molecular formula is C17H19BrClF3N4O2S. The number of carbonyl (C=O) groups excluding carboxylic acids is 1. The number of hydrogen-bond donors (Lipinski definition) is 1. The maximum absolute atomic E-state index is 13.3. The molecule has 4 atom stereocenters. The number of halogens is 5. The van der Waals surface area contributed by atoms with Crippen LogP contribution in [-0.4, -0.2) is 49.7 Å². The van der Waals surface area contributed by atoms with E-state index < -0.39 is 24.2 Å². The molecule has 0 bridgehead atoms. The molecule has 2 aromatic heterocycles. The molecule has 1 N–H and O–H groups in total.